The van der Waals surface area contributed by atoms with Crippen molar-refractivity contribution < 1.29 is 43.9 Å². The van der Waals surface area contributed by atoms with Crippen LogP contribution in [0.1, 0.15) is 31.1 Å². The van der Waals surface area contributed by atoms with Crippen molar-refractivity contribution in [2.24, 2.45) is 5.73 Å². The molecule has 1 aromatic heterocycles. The molecule has 0 spiro atoms. The quantitative estimate of drug-likeness (QED) is 0.324. The van der Waals surface area contributed by atoms with Crippen molar-refractivity contribution in [2.45, 2.75) is 31.9 Å². The summed E-state index contributed by atoms with van der Waals surface area (Å²) in [5.41, 5.74) is 4.36. The van der Waals surface area contributed by atoms with E-state index in [1.165, 1.54) is 11.0 Å². The number of aliphatic hydroxyl groups is 3. The van der Waals surface area contributed by atoms with Crippen LogP contribution in [0.2, 0.25) is 5.02 Å². The number of benzene rings is 1. The van der Waals surface area contributed by atoms with Gasteiger partial charge in [0.2, 0.25) is 0 Å². The van der Waals surface area contributed by atoms with Crippen LogP contribution in [0, 0.1) is 6.92 Å². The van der Waals surface area contributed by atoms with Gasteiger partial charge in [-0.1, -0.05) is 11.6 Å². The molecule has 1 aliphatic rings. The minimum absolute atomic E-state index is 0.0365. The molecule has 34 heavy (non-hydrogen) atoms. The predicted octanol–water partition coefficient (Wildman–Crippen LogP) is 0.637. The van der Waals surface area contributed by atoms with Crippen LogP contribution in [-0.4, -0.2) is 75.8 Å². The number of anilines is 1. The molecular formula is C21H28ClN3O9. The number of carboxylic acid groups (broad SMARTS) is 1. The first kappa shape index (κ1) is 27.3. The van der Waals surface area contributed by atoms with Gasteiger partial charge in [-0.3, -0.25) is 9.59 Å². The summed E-state index contributed by atoms with van der Waals surface area (Å²) in [4.78, 5) is 28.2. The number of carbonyl (C=O) groups is 2. The Balaban J connectivity index is 0.000000440. The molecule has 1 aromatic carbocycles. The molecule has 0 fully saturated rings. The number of rotatable bonds is 9. The number of carboxylic acids is 1. The monoisotopic (exact) mass is 501 g/mol. The SMILES string of the molecule is Cc1ncc(C(C)Oc2cc3c(cc2Cl)N(CCC(=O)O)C(=O)CO3)o1.NC(CO)(CO)CO. The lowest BCUT2D eigenvalue weighted by molar-refractivity contribution is -0.136. The number of fused-ring (bicyclic) bond motifs is 1. The van der Waals surface area contributed by atoms with Gasteiger partial charge >= 0.3 is 5.97 Å². The number of aryl methyl sites for hydroxylation is 1. The Morgan fingerprint density at radius 1 is 1.32 bits per heavy atom. The van der Waals surface area contributed by atoms with Crippen LogP contribution >= 0.6 is 11.6 Å². The Morgan fingerprint density at radius 3 is 2.47 bits per heavy atom. The summed E-state index contributed by atoms with van der Waals surface area (Å²) in [6, 6.07) is 3.11. The lowest BCUT2D eigenvalue weighted by Gasteiger charge is -2.29. The highest BCUT2D eigenvalue weighted by Gasteiger charge is 2.28. The number of ether oxygens (including phenoxy) is 2. The lowest BCUT2D eigenvalue weighted by atomic mass is 10.1. The maximum Gasteiger partial charge on any atom is 0.305 e. The van der Waals surface area contributed by atoms with Crippen LogP contribution in [0.5, 0.6) is 11.5 Å². The molecule has 3 rings (SSSR count). The molecule has 1 aliphatic heterocycles. The predicted molar refractivity (Wildman–Crippen MR) is 120 cm³/mol. The number of nitrogens with zero attached hydrogens (tertiary/aromatic N) is 2. The molecule has 1 unspecified atom stereocenters. The molecule has 188 valence electrons. The van der Waals surface area contributed by atoms with Gasteiger partial charge in [0.1, 0.15) is 11.5 Å². The van der Waals surface area contributed by atoms with E-state index in [0.29, 0.717) is 28.8 Å². The largest absolute Gasteiger partial charge is 0.481 e. The van der Waals surface area contributed by atoms with Gasteiger partial charge in [-0.2, -0.15) is 0 Å². The van der Waals surface area contributed by atoms with E-state index in [9.17, 15) is 9.59 Å². The van der Waals surface area contributed by atoms with Crippen LogP contribution in [0.3, 0.4) is 0 Å². The molecular weight excluding hydrogens is 474 g/mol. The number of hydrogen-bond donors (Lipinski definition) is 5. The molecule has 12 nitrogen and oxygen atoms in total. The average Bonchev–Trinajstić information content (AvgIpc) is 3.25. The maximum atomic E-state index is 12.0. The van der Waals surface area contributed by atoms with Crippen LogP contribution < -0.4 is 20.1 Å². The topological polar surface area (TPSA) is 189 Å². The van der Waals surface area contributed by atoms with E-state index in [1.54, 1.807) is 26.1 Å². The van der Waals surface area contributed by atoms with Crippen molar-refractivity contribution in [3.63, 3.8) is 0 Å². The fraction of sp³-hybridized carbons (Fsp3) is 0.476. The summed E-state index contributed by atoms with van der Waals surface area (Å²) in [6.45, 7) is 2.18. The zero-order chi connectivity index (χ0) is 25.5. The number of aliphatic hydroxyl groups excluding tert-OH is 3. The highest BCUT2D eigenvalue weighted by molar-refractivity contribution is 6.32. The van der Waals surface area contributed by atoms with Gasteiger partial charge in [0, 0.05) is 19.5 Å². The Hall–Kier alpha value is -2.90. The van der Waals surface area contributed by atoms with E-state index in [-0.39, 0.29) is 30.5 Å². The number of oxazole rings is 1. The number of halogens is 1. The normalized spacial score (nSPS) is 14.0. The van der Waals surface area contributed by atoms with Crippen molar-refractivity contribution in [1.82, 2.24) is 4.98 Å². The van der Waals surface area contributed by atoms with E-state index in [4.69, 9.17) is 51.7 Å². The number of aliphatic carboxylic acids is 1. The van der Waals surface area contributed by atoms with E-state index in [1.807, 2.05) is 0 Å². The summed E-state index contributed by atoms with van der Waals surface area (Å²) in [6.07, 6.45) is 0.970. The first-order chi connectivity index (χ1) is 16.0. The van der Waals surface area contributed by atoms with Crippen molar-refractivity contribution in [2.75, 3.05) is 37.9 Å². The van der Waals surface area contributed by atoms with Crippen molar-refractivity contribution in [3.05, 3.63) is 35.0 Å². The molecule has 1 amide bonds. The molecule has 0 saturated carbocycles. The molecule has 0 aliphatic carbocycles. The Bertz CT molecular complexity index is 986. The number of nitrogens with two attached hydrogens (primary N) is 1. The molecule has 0 radical (unpaired) electrons. The molecule has 0 bridgehead atoms. The number of aromatic nitrogens is 1. The standard InChI is InChI=1S/C17H17ClN2O6.C4H11NO3/c1-9(15-7-19-10(2)26-15)25-13-6-14-12(5-11(13)18)20(4-3-17(22)23)16(21)8-24-14;5-4(1-6,2-7)3-8/h5-7,9H,3-4,8H2,1-2H3,(H,22,23);6-8H,1-3,5H2. The third kappa shape index (κ3) is 7.05. The molecule has 6 N–H and O–H groups in total. The first-order valence-corrected chi connectivity index (χ1v) is 10.6. The fourth-order valence-electron chi connectivity index (χ4n) is 2.71. The second-order valence-corrected chi connectivity index (χ2v) is 8.01. The molecule has 13 heteroatoms. The Kier molecular flexibility index (Phi) is 9.65. The minimum Gasteiger partial charge on any atom is -0.481 e. The zero-order valence-corrected chi connectivity index (χ0v) is 19.5. The summed E-state index contributed by atoms with van der Waals surface area (Å²) in [5, 5.41) is 34.1. The van der Waals surface area contributed by atoms with Crippen molar-refractivity contribution >= 4 is 29.2 Å². The Labute approximate surface area is 200 Å². The third-order valence-corrected chi connectivity index (χ3v) is 5.09. The fourth-order valence-corrected chi connectivity index (χ4v) is 2.91. The number of hydrogen-bond acceptors (Lipinski definition) is 10. The first-order valence-electron chi connectivity index (χ1n) is 10.2. The van der Waals surface area contributed by atoms with Gasteiger partial charge in [0.15, 0.2) is 24.4 Å². The van der Waals surface area contributed by atoms with Crippen LogP contribution in [-0.2, 0) is 9.59 Å². The smallest absolute Gasteiger partial charge is 0.305 e. The Morgan fingerprint density at radius 2 is 1.97 bits per heavy atom. The maximum absolute atomic E-state index is 12.0. The summed E-state index contributed by atoms with van der Waals surface area (Å²) < 4.78 is 16.7. The van der Waals surface area contributed by atoms with Gasteiger partial charge in [0.25, 0.3) is 5.91 Å². The summed E-state index contributed by atoms with van der Waals surface area (Å²) in [7, 11) is 0. The summed E-state index contributed by atoms with van der Waals surface area (Å²) in [5.74, 6) is 0.523. The minimum atomic E-state index is -1.21. The van der Waals surface area contributed by atoms with Crippen molar-refractivity contribution in [1.29, 1.82) is 0 Å². The second kappa shape index (κ2) is 12.0. The second-order valence-electron chi connectivity index (χ2n) is 7.61. The highest BCUT2D eigenvalue weighted by Crippen LogP contribution is 2.41. The lowest BCUT2D eigenvalue weighted by Crippen LogP contribution is -2.50. The number of carbonyl (C=O) groups excluding carboxylic acids is 1. The van der Waals surface area contributed by atoms with E-state index >= 15 is 0 Å². The van der Waals surface area contributed by atoms with Crippen LogP contribution in [0.25, 0.3) is 0 Å². The zero-order valence-electron chi connectivity index (χ0n) is 18.7. The van der Waals surface area contributed by atoms with Crippen LogP contribution in [0.15, 0.2) is 22.7 Å². The van der Waals surface area contributed by atoms with E-state index < -0.39 is 37.4 Å². The third-order valence-electron chi connectivity index (χ3n) is 4.79. The molecule has 1 atom stereocenters. The van der Waals surface area contributed by atoms with Gasteiger partial charge in [-0.05, 0) is 13.0 Å². The van der Waals surface area contributed by atoms with E-state index in [0.717, 1.165) is 0 Å². The van der Waals surface area contributed by atoms with Gasteiger partial charge in [0.05, 0.1) is 48.7 Å². The highest BCUT2D eigenvalue weighted by atomic mass is 35.5. The van der Waals surface area contributed by atoms with Gasteiger partial charge in [-0.15, -0.1) is 0 Å². The number of amides is 1. The van der Waals surface area contributed by atoms with Crippen molar-refractivity contribution in [3.8, 4) is 11.5 Å². The van der Waals surface area contributed by atoms with Crippen LogP contribution in [0.4, 0.5) is 5.69 Å². The summed E-state index contributed by atoms with van der Waals surface area (Å²) >= 11 is 6.29. The van der Waals surface area contributed by atoms with Gasteiger partial charge < -0.3 is 45.0 Å². The average molecular weight is 502 g/mol. The molecule has 2 aromatic rings. The van der Waals surface area contributed by atoms with Gasteiger partial charge in [-0.25, -0.2) is 4.98 Å². The van der Waals surface area contributed by atoms with E-state index in [2.05, 4.69) is 4.98 Å². The molecule has 0 saturated heterocycles. The molecule has 2 heterocycles.